The number of methoxy groups -OCH3 is 2. The Morgan fingerprint density at radius 3 is 2.50 bits per heavy atom. The van der Waals surface area contributed by atoms with Crippen molar-refractivity contribution in [3.63, 3.8) is 0 Å². The van der Waals surface area contributed by atoms with Gasteiger partial charge in [0.15, 0.2) is 11.5 Å². The Balaban J connectivity index is 2.08. The van der Waals surface area contributed by atoms with Crippen LogP contribution in [0.15, 0.2) is 12.1 Å². The van der Waals surface area contributed by atoms with Crippen molar-refractivity contribution in [3.05, 3.63) is 12.1 Å². The highest BCUT2D eigenvalue weighted by molar-refractivity contribution is 5.91. The molecule has 1 atom stereocenters. The number of anilines is 2. The minimum atomic E-state index is -0.718. The molecule has 7 nitrogen and oxygen atoms in total. The molecule has 0 aliphatic carbocycles. The second-order valence-electron chi connectivity index (χ2n) is 5.80. The predicted octanol–water partition coefficient (Wildman–Crippen LogP) is 1.19. The predicted molar refractivity (Wildman–Crippen MR) is 84.5 cm³/mol. The number of ether oxygens (including phenoxy) is 2. The Kier molecular flexibility index (Phi) is 3.44. The molecule has 1 unspecified atom stereocenters. The molecule has 3 rings (SSSR count). The molecule has 0 radical (unpaired) electrons. The van der Waals surface area contributed by atoms with E-state index in [1.54, 1.807) is 26.4 Å². The molecular weight excluding hydrogens is 284 g/mol. The fourth-order valence-electron chi connectivity index (χ4n) is 2.72. The van der Waals surface area contributed by atoms with Crippen LogP contribution in [0.2, 0.25) is 0 Å². The van der Waals surface area contributed by atoms with Crippen LogP contribution in [-0.2, 0) is 0 Å². The average molecular weight is 304 g/mol. The molecule has 7 heteroatoms. The molecule has 2 aromatic rings. The van der Waals surface area contributed by atoms with Crippen molar-refractivity contribution in [2.75, 3.05) is 37.9 Å². The molecule has 1 saturated heterocycles. The van der Waals surface area contributed by atoms with Crippen LogP contribution in [-0.4, -0.2) is 48.0 Å². The van der Waals surface area contributed by atoms with Crippen molar-refractivity contribution in [2.24, 2.45) is 0 Å². The van der Waals surface area contributed by atoms with Crippen LogP contribution < -0.4 is 20.1 Å². The van der Waals surface area contributed by atoms with Gasteiger partial charge in [-0.25, -0.2) is 4.98 Å². The van der Waals surface area contributed by atoms with E-state index in [1.807, 2.05) is 11.8 Å². The fraction of sp³-hybridized carbons (Fsp3) is 0.467. The highest BCUT2D eigenvalue weighted by atomic mass is 16.5. The van der Waals surface area contributed by atoms with E-state index in [9.17, 15) is 5.11 Å². The number of hydrogen-bond acceptors (Lipinski definition) is 7. The summed E-state index contributed by atoms with van der Waals surface area (Å²) in [5.74, 6) is 2.08. The van der Waals surface area contributed by atoms with Crippen molar-refractivity contribution in [2.45, 2.75) is 18.9 Å². The summed E-state index contributed by atoms with van der Waals surface area (Å²) >= 11 is 0. The van der Waals surface area contributed by atoms with Crippen molar-refractivity contribution in [3.8, 4) is 11.5 Å². The molecular formula is C15H20N4O3. The number of nitrogens with two attached hydrogens (primary N) is 1. The number of hydrogen-bond donors (Lipinski definition) is 2. The van der Waals surface area contributed by atoms with Crippen molar-refractivity contribution >= 4 is 22.7 Å². The molecule has 3 N–H and O–H groups in total. The maximum atomic E-state index is 10.1. The zero-order chi connectivity index (χ0) is 15.9. The first-order chi connectivity index (χ1) is 10.4. The summed E-state index contributed by atoms with van der Waals surface area (Å²) in [7, 11) is 3.15. The van der Waals surface area contributed by atoms with E-state index in [0.29, 0.717) is 53.7 Å². The van der Waals surface area contributed by atoms with Gasteiger partial charge >= 0.3 is 0 Å². The standard InChI is InChI=1S/C15H20N4O3/c1-15(20)4-5-19(8-15)14-17-10-7-12(22-3)11(21-2)6-9(10)13(16)18-14/h6-7,20H,4-5,8H2,1-3H3,(H2,16,17,18). The lowest BCUT2D eigenvalue weighted by atomic mass is 10.1. The van der Waals surface area contributed by atoms with E-state index < -0.39 is 5.60 Å². The Hall–Kier alpha value is -2.28. The number of aromatic nitrogens is 2. The van der Waals surface area contributed by atoms with Crippen molar-refractivity contribution in [1.82, 2.24) is 9.97 Å². The molecule has 1 aromatic heterocycles. The summed E-state index contributed by atoms with van der Waals surface area (Å²) in [6.07, 6.45) is 0.681. The van der Waals surface area contributed by atoms with Crippen molar-refractivity contribution < 1.29 is 14.6 Å². The molecule has 118 valence electrons. The van der Waals surface area contributed by atoms with Crippen LogP contribution in [0.3, 0.4) is 0 Å². The minimum Gasteiger partial charge on any atom is -0.493 e. The van der Waals surface area contributed by atoms with Gasteiger partial charge in [0.05, 0.1) is 25.3 Å². The topological polar surface area (TPSA) is 93.7 Å². The lowest BCUT2D eigenvalue weighted by molar-refractivity contribution is 0.0838. The first kappa shape index (κ1) is 14.6. The van der Waals surface area contributed by atoms with Crippen LogP contribution >= 0.6 is 0 Å². The number of rotatable bonds is 3. The van der Waals surface area contributed by atoms with Gasteiger partial charge in [-0.05, 0) is 19.4 Å². The van der Waals surface area contributed by atoms with E-state index >= 15 is 0 Å². The lowest BCUT2D eigenvalue weighted by Crippen LogP contribution is -2.30. The summed E-state index contributed by atoms with van der Waals surface area (Å²) in [6.45, 7) is 3.00. The highest BCUT2D eigenvalue weighted by Crippen LogP contribution is 2.34. The van der Waals surface area contributed by atoms with Crippen LogP contribution in [0.4, 0.5) is 11.8 Å². The second-order valence-corrected chi connectivity index (χ2v) is 5.80. The lowest BCUT2D eigenvalue weighted by Gasteiger charge is -2.20. The van der Waals surface area contributed by atoms with Crippen LogP contribution in [0.5, 0.6) is 11.5 Å². The Morgan fingerprint density at radius 2 is 1.91 bits per heavy atom. The van der Waals surface area contributed by atoms with Gasteiger partial charge in [0.25, 0.3) is 0 Å². The van der Waals surface area contributed by atoms with Gasteiger partial charge in [0.1, 0.15) is 5.82 Å². The molecule has 1 aliphatic rings. The van der Waals surface area contributed by atoms with Gasteiger partial charge in [0.2, 0.25) is 5.95 Å². The quantitative estimate of drug-likeness (QED) is 0.879. The summed E-state index contributed by atoms with van der Waals surface area (Å²) in [6, 6.07) is 3.55. The second kappa shape index (κ2) is 5.17. The highest BCUT2D eigenvalue weighted by Gasteiger charge is 2.33. The van der Waals surface area contributed by atoms with Crippen LogP contribution in [0.1, 0.15) is 13.3 Å². The van der Waals surface area contributed by atoms with Gasteiger partial charge < -0.3 is 25.2 Å². The van der Waals surface area contributed by atoms with Gasteiger partial charge in [-0.15, -0.1) is 0 Å². The molecule has 0 amide bonds. The number of nitrogen functional groups attached to an aromatic ring is 1. The van der Waals surface area contributed by atoms with E-state index in [1.165, 1.54) is 0 Å². The fourth-order valence-corrected chi connectivity index (χ4v) is 2.72. The Morgan fingerprint density at radius 1 is 1.23 bits per heavy atom. The van der Waals surface area contributed by atoms with Crippen molar-refractivity contribution in [1.29, 1.82) is 0 Å². The molecule has 0 bridgehead atoms. The molecule has 0 spiro atoms. The molecule has 1 aliphatic heterocycles. The third-order valence-corrected chi connectivity index (χ3v) is 3.95. The van der Waals surface area contributed by atoms with Gasteiger partial charge in [-0.3, -0.25) is 0 Å². The van der Waals surface area contributed by atoms with Gasteiger partial charge in [-0.1, -0.05) is 0 Å². The third kappa shape index (κ3) is 2.48. The third-order valence-electron chi connectivity index (χ3n) is 3.95. The minimum absolute atomic E-state index is 0.382. The number of fused-ring (bicyclic) bond motifs is 1. The van der Waals surface area contributed by atoms with E-state index in [4.69, 9.17) is 15.2 Å². The van der Waals surface area contributed by atoms with E-state index in [-0.39, 0.29) is 0 Å². The molecule has 22 heavy (non-hydrogen) atoms. The molecule has 1 aromatic carbocycles. The summed E-state index contributed by atoms with van der Waals surface area (Å²) in [5.41, 5.74) is 6.04. The zero-order valence-corrected chi connectivity index (χ0v) is 13.0. The monoisotopic (exact) mass is 304 g/mol. The van der Waals surface area contributed by atoms with Gasteiger partial charge in [0, 0.05) is 24.5 Å². The maximum absolute atomic E-state index is 10.1. The molecule has 0 saturated carbocycles. The smallest absolute Gasteiger partial charge is 0.227 e. The average Bonchev–Trinajstić information content (AvgIpc) is 2.86. The number of nitrogens with zero attached hydrogens (tertiary/aromatic N) is 3. The number of aliphatic hydroxyl groups is 1. The van der Waals surface area contributed by atoms with Crippen LogP contribution in [0.25, 0.3) is 10.9 Å². The van der Waals surface area contributed by atoms with E-state index in [0.717, 1.165) is 0 Å². The Labute approximate surface area is 128 Å². The number of β-amino-alcohol motifs (C(OH)–C–C–N with tert-alkyl or cyclic N) is 1. The normalized spacial score (nSPS) is 21.4. The Bertz CT molecular complexity index is 717. The van der Waals surface area contributed by atoms with Gasteiger partial charge in [-0.2, -0.15) is 4.98 Å². The van der Waals surface area contributed by atoms with Crippen LogP contribution in [0, 0.1) is 0 Å². The number of benzene rings is 1. The SMILES string of the molecule is COc1cc2nc(N3CCC(C)(O)C3)nc(N)c2cc1OC. The maximum Gasteiger partial charge on any atom is 0.227 e. The largest absolute Gasteiger partial charge is 0.493 e. The molecule has 1 fully saturated rings. The van der Waals surface area contributed by atoms with E-state index in [2.05, 4.69) is 9.97 Å². The summed E-state index contributed by atoms with van der Waals surface area (Å²) < 4.78 is 10.6. The first-order valence-corrected chi connectivity index (χ1v) is 7.10. The molecule has 2 heterocycles. The first-order valence-electron chi connectivity index (χ1n) is 7.10. The zero-order valence-electron chi connectivity index (χ0n) is 13.0. The summed E-state index contributed by atoms with van der Waals surface area (Å²) in [4.78, 5) is 10.9. The summed E-state index contributed by atoms with van der Waals surface area (Å²) in [5, 5.41) is 10.8.